The fraction of sp³-hybridized carbons (Fsp3) is 0.667. The molecule has 2 aliphatic rings. The Balaban J connectivity index is 1.84. The molecule has 0 spiro atoms. The van der Waals surface area contributed by atoms with Crippen LogP contribution in [-0.2, 0) is 4.79 Å². The van der Waals surface area contributed by atoms with Crippen LogP contribution in [0.2, 0.25) is 0 Å². The maximum atomic E-state index is 13.4. The van der Waals surface area contributed by atoms with Gasteiger partial charge in [-0.1, -0.05) is 27.7 Å². The fourth-order valence-electron chi connectivity index (χ4n) is 4.26. The minimum Gasteiger partial charge on any atom is -0.371 e. The van der Waals surface area contributed by atoms with Gasteiger partial charge in [0.25, 0.3) is 5.91 Å². The Morgan fingerprint density at radius 2 is 1.69 bits per heavy atom. The Morgan fingerprint density at radius 1 is 1.03 bits per heavy atom. The summed E-state index contributed by atoms with van der Waals surface area (Å²) in [6, 6.07) is 5.86. The van der Waals surface area contributed by atoms with Gasteiger partial charge in [-0.15, -0.1) is 0 Å². The number of hydrogen-bond acceptors (Lipinski definition) is 3. The van der Waals surface area contributed by atoms with E-state index in [0.717, 1.165) is 50.3 Å². The Kier molecular flexibility index (Phi) is 6.86. The van der Waals surface area contributed by atoms with E-state index in [1.807, 2.05) is 23.1 Å². The number of rotatable bonds is 4. The van der Waals surface area contributed by atoms with Crippen molar-refractivity contribution >= 4 is 23.2 Å². The molecule has 2 heterocycles. The molecular formula is C24H37N3O2. The maximum absolute atomic E-state index is 13.4. The summed E-state index contributed by atoms with van der Waals surface area (Å²) < 4.78 is 0. The number of amides is 2. The number of carbonyl (C=O) groups excluding carboxylic acids is 2. The van der Waals surface area contributed by atoms with Crippen molar-refractivity contribution in [3.05, 3.63) is 23.8 Å². The number of piperidine rings is 2. The van der Waals surface area contributed by atoms with E-state index >= 15 is 0 Å². The molecule has 5 nitrogen and oxygen atoms in total. The van der Waals surface area contributed by atoms with Gasteiger partial charge >= 0.3 is 0 Å². The van der Waals surface area contributed by atoms with E-state index in [-0.39, 0.29) is 17.2 Å². The number of likely N-dealkylation sites (tertiary alicyclic amines) is 1. The predicted octanol–water partition coefficient (Wildman–Crippen LogP) is 4.92. The van der Waals surface area contributed by atoms with E-state index in [1.54, 1.807) is 0 Å². The minimum atomic E-state index is -0.0685. The molecule has 0 unspecified atom stereocenters. The topological polar surface area (TPSA) is 52.7 Å². The number of hydrogen-bond donors (Lipinski definition) is 1. The molecule has 5 heteroatoms. The molecule has 1 N–H and O–H groups in total. The van der Waals surface area contributed by atoms with Crippen LogP contribution in [0.15, 0.2) is 18.2 Å². The van der Waals surface area contributed by atoms with Gasteiger partial charge in [-0.05, 0) is 61.6 Å². The van der Waals surface area contributed by atoms with E-state index in [4.69, 9.17) is 0 Å². The van der Waals surface area contributed by atoms with Gasteiger partial charge in [-0.25, -0.2) is 0 Å². The number of carbonyl (C=O) groups is 2. The molecule has 0 aliphatic carbocycles. The third-order valence-electron chi connectivity index (χ3n) is 5.97. The van der Waals surface area contributed by atoms with Gasteiger partial charge in [0.2, 0.25) is 5.91 Å². The summed E-state index contributed by atoms with van der Waals surface area (Å²) in [6.07, 6.45) is 6.16. The number of benzene rings is 1. The Bertz CT molecular complexity index is 724. The van der Waals surface area contributed by atoms with Crippen LogP contribution in [-0.4, -0.2) is 42.9 Å². The third kappa shape index (κ3) is 5.97. The van der Waals surface area contributed by atoms with Crippen LogP contribution in [0.1, 0.15) is 76.6 Å². The van der Waals surface area contributed by atoms with Crippen molar-refractivity contribution in [3.8, 4) is 0 Å². The van der Waals surface area contributed by atoms with Crippen LogP contribution < -0.4 is 10.2 Å². The first-order chi connectivity index (χ1) is 13.7. The van der Waals surface area contributed by atoms with Crippen LogP contribution in [0.25, 0.3) is 0 Å². The molecule has 29 heavy (non-hydrogen) atoms. The third-order valence-corrected chi connectivity index (χ3v) is 5.97. The van der Waals surface area contributed by atoms with E-state index in [9.17, 15) is 9.59 Å². The zero-order chi connectivity index (χ0) is 21.0. The summed E-state index contributed by atoms with van der Waals surface area (Å²) >= 11 is 0. The van der Waals surface area contributed by atoms with Gasteiger partial charge in [-0.2, -0.15) is 0 Å². The van der Waals surface area contributed by atoms with E-state index < -0.39 is 0 Å². The molecule has 0 aromatic heterocycles. The van der Waals surface area contributed by atoms with Crippen LogP contribution in [0, 0.1) is 11.3 Å². The lowest BCUT2D eigenvalue weighted by Gasteiger charge is -2.34. The van der Waals surface area contributed by atoms with Crippen LogP contribution in [0.3, 0.4) is 0 Å². The van der Waals surface area contributed by atoms with E-state index in [2.05, 4.69) is 37.9 Å². The number of anilines is 2. The lowest BCUT2D eigenvalue weighted by Crippen LogP contribution is -2.39. The summed E-state index contributed by atoms with van der Waals surface area (Å²) in [5.41, 5.74) is 2.40. The molecule has 2 amide bonds. The number of nitrogens with one attached hydrogen (secondary N) is 1. The first-order valence-electron chi connectivity index (χ1n) is 11.2. The van der Waals surface area contributed by atoms with Crippen molar-refractivity contribution < 1.29 is 9.59 Å². The molecule has 2 saturated heterocycles. The standard InChI is InChI=1S/C24H37N3O2/c1-18-10-14-27(15-11-18)23(29)20-16-19(25-22(28)17-24(2,3)4)8-9-21(20)26-12-6-5-7-13-26/h8-9,16,18H,5-7,10-15,17H2,1-4H3,(H,25,28). The van der Waals surface area contributed by atoms with Crippen molar-refractivity contribution in [1.29, 1.82) is 0 Å². The molecule has 0 atom stereocenters. The smallest absolute Gasteiger partial charge is 0.256 e. The second-order valence-corrected chi connectivity index (χ2v) is 10.0. The molecule has 2 fully saturated rings. The maximum Gasteiger partial charge on any atom is 0.256 e. The van der Waals surface area contributed by atoms with Crippen molar-refractivity contribution in [2.24, 2.45) is 11.3 Å². The highest BCUT2D eigenvalue weighted by Crippen LogP contribution is 2.30. The summed E-state index contributed by atoms with van der Waals surface area (Å²) in [4.78, 5) is 30.2. The van der Waals surface area contributed by atoms with Crippen LogP contribution in [0.5, 0.6) is 0 Å². The van der Waals surface area contributed by atoms with Crippen molar-refractivity contribution in [3.63, 3.8) is 0 Å². The van der Waals surface area contributed by atoms with Gasteiger partial charge in [0.05, 0.1) is 5.56 Å². The van der Waals surface area contributed by atoms with Crippen molar-refractivity contribution in [1.82, 2.24) is 4.90 Å². The SMILES string of the molecule is CC1CCN(C(=O)c2cc(NC(=O)CC(C)(C)C)ccc2N2CCCCC2)CC1. The summed E-state index contributed by atoms with van der Waals surface area (Å²) in [7, 11) is 0. The van der Waals surface area contributed by atoms with Crippen LogP contribution >= 0.6 is 0 Å². The highest BCUT2D eigenvalue weighted by atomic mass is 16.2. The molecule has 3 rings (SSSR count). The van der Waals surface area contributed by atoms with Crippen molar-refractivity contribution in [2.45, 2.75) is 66.2 Å². The molecule has 1 aromatic carbocycles. The van der Waals surface area contributed by atoms with Crippen molar-refractivity contribution in [2.75, 3.05) is 36.4 Å². The van der Waals surface area contributed by atoms with Gasteiger partial charge in [0.1, 0.15) is 0 Å². The molecule has 0 saturated carbocycles. The Labute approximate surface area is 175 Å². The second kappa shape index (κ2) is 9.19. The average Bonchev–Trinajstić information content (AvgIpc) is 2.67. The monoisotopic (exact) mass is 399 g/mol. The zero-order valence-electron chi connectivity index (χ0n) is 18.6. The van der Waals surface area contributed by atoms with E-state index in [0.29, 0.717) is 18.0 Å². The summed E-state index contributed by atoms with van der Waals surface area (Å²) in [6.45, 7) is 12.0. The van der Waals surface area contributed by atoms with E-state index in [1.165, 1.54) is 19.3 Å². The molecule has 2 aliphatic heterocycles. The van der Waals surface area contributed by atoms with Gasteiger partial charge in [0.15, 0.2) is 0 Å². The first kappa shape index (κ1) is 21.7. The molecule has 0 radical (unpaired) electrons. The quantitative estimate of drug-likeness (QED) is 0.781. The van der Waals surface area contributed by atoms with Gasteiger partial charge in [-0.3, -0.25) is 9.59 Å². The Morgan fingerprint density at radius 3 is 2.31 bits per heavy atom. The minimum absolute atomic E-state index is 0.00609. The molecular weight excluding hydrogens is 362 g/mol. The summed E-state index contributed by atoms with van der Waals surface area (Å²) in [5, 5.41) is 3.01. The first-order valence-corrected chi connectivity index (χ1v) is 11.2. The van der Waals surface area contributed by atoms with Gasteiger partial charge < -0.3 is 15.1 Å². The fourth-order valence-corrected chi connectivity index (χ4v) is 4.26. The largest absolute Gasteiger partial charge is 0.371 e. The molecule has 1 aromatic rings. The second-order valence-electron chi connectivity index (χ2n) is 10.0. The molecule has 0 bridgehead atoms. The molecule has 160 valence electrons. The summed E-state index contributed by atoms with van der Waals surface area (Å²) in [5.74, 6) is 0.779. The predicted molar refractivity (Wildman–Crippen MR) is 120 cm³/mol. The van der Waals surface area contributed by atoms with Crippen LogP contribution in [0.4, 0.5) is 11.4 Å². The Hall–Kier alpha value is -2.04. The highest BCUT2D eigenvalue weighted by Gasteiger charge is 2.26. The lowest BCUT2D eigenvalue weighted by atomic mass is 9.92. The zero-order valence-corrected chi connectivity index (χ0v) is 18.6. The van der Waals surface area contributed by atoms with Gasteiger partial charge in [0, 0.05) is 44.0 Å². The average molecular weight is 400 g/mol. The normalized spacial score (nSPS) is 18.6. The lowest BCUT2D eigenvalue weighted by molar-refractivity contribution is -0.117. The number of nitrogens with zero attached hydrogens (tertiary/aromatic N) is 2. The highest BCUT2D eigenvalue weighted by molar-refractivity contribution is 6.02.